The fourth-order valence-corrected chi connectivity index (χ4v) is 2.99. The van der Waals surface area contributed by atoms with Crippen LogP contribution in [0.25, 0.3) is 0 Å². The molecule has 1 saturated carbocycles. The summed E-state index contributed by atoms with van der Waals surface area (Å²) in [7, 11) is 4.41. The topological polar surface area (TPSA) is 17.1 Å². The quantitative estimate of drug-likeness (QED) is 0.588. The SMILES string of the molecule is C[N+](C)(CC(=O)c1ccccc1)C1CCCCC1. The van der Waals surface area contributed by atoms with Crippen molar-refractivity contribution in [3.05, 3.63) is 35.9 Å². The first-order valence-electron chi connectivity index (χ1n) is 7.00. The molecule has 2 rings (SSSR count). The summed E-state index contributed by atoms with van der Waals surface area (Å²) in [6.07, 6.45) is 6.56. The molecule has 0 bridgehead atoms. The molecule has 0 N–H and O–H groups in total. The van der Waals surface area contributed by atoms with E-state index in [2.05, 4.69) is 14.1 Å². The van der Waals surface area contributed by atoms with Crippen molar-refractivity contribution in [2.24, 2.45) is 0 Å². The molecule has 0 atom stereocenters. The number of carbonyl (C=O) groups is 1. The number of carbonyl (C=O) groups excluding carboxylic acids is 1. The van der Waals surface area contributed by atoms with E-state index >= 15 is 0 Å². The van der Waals surface area contributed by atoms with E-state index in [1.165, 1.54) is 32.1 Å². The molecule has 0 heterocycles. The highest BCUT2D eigenvalue weighted by Gasteiger charge is 2.31. The summed E-state index contributed by atoms with van der Waals surface area (Å²) < 4.78 is 0.841. The highest BCUT2D eigenvalue weighted by Crippen LogP contribution is 2.25. The van der Waals surface area contributed by atoms with Crippen LogP contribution in [0, 0.1) is 0 Å². The van der Waals surface area contributed by atoms with Gasteiger partial charge in [-0.05, 0) is 25.7 Å². The second-order valence-electron chi connectivity index (χ2n) is 6.02. The molecule has 0 unspecified atom stereocenters. The average molecular weight is 246 g/mol. The zero-order chi connectivity index (χ0) is 13.0. The van der Waals surface area contributed by atoms with E-state index in [9.17, 15) is 4.79 Å². The molecule has 1 aromatic rings. The van der Waals surface area contributed by atoms with Crippen LogP contribution in [-0.2, 0) is 0 Å². The maximum atomic E-state index is 12.3. The number of quaternary nitrogens is 1. The van der Waals surface area contributed by atoms with E-state index in [-0.39, 0.29) is 5.78 Å². The molecule has 0 saturated heterocycles. The monoisotopic (exact) mass is 246 g/mol. The smallest absolute Gasteiger partial charge is 0.216 e. The molecule has 0 aliphatic heterocycles. The summed E-state index contributed by atoms with van der Waals surface area (Å²) in [5.41, 5.74) is 0.847. The van der Waals surface area contributed by atoms with Gasteiger partial charge in [-0.15, -0.1) is 0 Å². The molecule has 0 amide bonds. The molecular weight excluding hydrogens is 222 g/mol. The van der Waals surface area contributed by atoms with Gasteiger partial charge in [-0.2, -0.15) is 0 Å². The van der Waals surface area contributed by atoms with Gasteiger partial charge in [0.1, 0.15) is 6.54 Å². The van der Waals surface area contributed by atoms with Crippen LogP contribution >= 0.6 is 0 Å². The van der Waals surface area contributed by atoms with Crippen molar-refractivity contribution < 1.29 is 9.28 Å². The van der Waals surface area contributed by atoms with Crippen LogP contribution in [0.5, 0.6) is 0 Å². The standard InChI is InChI=1S/C16H24NO/c1-17(2,15-11-7-4-8-12-15)13-16(18)14-9-5-3-6-10-14/h3,5-6,9-10,15H,4,7-8,11-13H2,1-2H3/q+1. The van der Waals surface area contributed by atoms with Crippen LogP contribution in [0.1, 0.15) is 42.5 Å². The number of hydrogen-bond acceptors (Lipinski definition) is 1. The Kier molecular flexibility index (Phi) is 4.18. The number of Topliss-reactive ketones (excluding diaryl/α,β-unsaturated/α-hetero) is 1. The lowest BCUT2D eigenvalue weighted by molar-refractivity contribution is -0.908. The van der Waals surface area contributed by atoms with Crippen LogP contribution in [0.15, 0.2) is 30.3 Å². The molecule has 98 valence electrons. The summed E-state index contributed by atoms with van der Waals surface area (Å²) in [5.74, 6) is 0.270. The second kappa shape index (κ2) is 5.66. The lowest BCUT2D eigenvalue weighted by Gasteiger charge is -2.39. The van der Waals surface area contributed by atoms with Crippen molar-refractivity contribution in [3.63, 3.8) is 0 Å². The lowest BCUT2D eigenvalue weighted by atomic mass is 9.92. The first kappa shape index (κ1) is 13.3. The molecule has 18 heavy (non-hydrogen) atoms. The van der Waals surface area contributed by atoms with E-state index in [1.807, 2.05) is 30.3 Å². The van der Waals surface area contributed by atoms with Gasteiger partial charge in [0, 0.05) is 5.56 Å². The van der Waals surface area contributed by atoms with E-state index in [0.717, 1.165) is 10.0 Å². The number of nitrogens with zero attached hydrogens (tertiary/aromatic N) is 1. The number of benzene rings is 1. The highest BCUT2D eigenvalue weighted by molar-refractivity contribution is 5.96. The Balaban J connectivity index is 2.01. The highest BCUT2D eigenvalue weighted by atomic mass is 16.1. The van der Waals surface area contributed by atoms with E-state index in [0.29, 0.717) is 12.6 Å². The van der Waals surface area contributed by atoms with Gasteiger partial charge in [0.05, 0.1) is 20.1 Å². The lowest BCUT2D eigenvalue weighted by Crippen LogP contribution is -2.52. The zero-order valence-electron chi connectivity index (χ0n) is 11.6. The summed E-state index contributed by atoms with van der Waals surface area (Å²) in [5, 5.41) is 0. The molecule has 1 fully saturated rings. The minimum Gasteiger partial charge on any atom is -0.320 e. The van der Waals surface area contributed by atoms with E-state index in [4.69, 9.17) is 0 Å². The number of ketones is 1. The normalized spacial score (nSPS) is 17.7. The third-order valence-electron chi connectivity index (χ3n) is 4.21. The zero-order valence-corrected chi connectivity index (χ0v) is 11.6. The third-order valence-corrected chi connectivity index (χ3v) is 4.21. The first-order chi connectivity index (χ1) is 8.59. The predicted molar refractivity (Wildman–Crippen MR) is 74.6 cm³/mol. The van der Waals surface area contributed by atoms with Crippen LogP contribution in [0.4, 0.5) is 0 Å². The van der Waals surface area contributed by atoms with Crippen molar-refractivity contribution >= 4 is 5.78 Å². The Bertz CT molecular complexity index is 391. The van der Waals surface area contributed by atoms with Crippen LogP contribution in [-0.4, -0.2) is 36.9 Å². The van der Waals surface area contributed by atoms with Crippen molar-refractivity contribution in [2.45, 2.75) is 38.1 Å². The average Bonchev–Trinajstić information content (AvgIpc) is 2.40. The van der Waals surface area contributed by atoms with Crippen molar-refractivity contribution in [1.82, 2.24) is 0 Å². The molecule has 0 radical (unpaired) electrons. The molecule has 2 heteroatoms. The Labute approximate surface area is 110 Å². The molecule has 0 spiro atoms. The molecule has 1 aliphatic rings. The van der Waals surface area contributed by atoms with Crippen LogP contribution in [0.3, 0.4) is 0 Å². The number of hydrogen-bond donors (Lipinski definition) is 0. The van der Waals surface area contributed by atoms with Crippen LogP contribution < -0.4 is 0 Å². The Morgan fingerprint density at radius 2 is 1.72 bits per heavy atom. The Morgan fingerprint density at radius 3 is 2.33 bits per heavy atom. The first-order valence-corrected chi connectivity index (χ1v) is 7.00. The minimum absolute atomic E-state index is 0.270. The molecular formula is C16H24NO+. The van der Waals surface area contributed by atoms with Crippen LogP contribution in [0.2, 0.25) is 0 Å². The van der Waals surface area contributed by atoms with Gasteiger partial charge in [-0.25, -0.2) is 0 Å². The third kappa shape index (κ3) is 3.20. The predicted octanol–water partition coefficient (Wildman–Crippen LogP) is 3.28. The van der Waals surface area contributed by atoms with Crippen molar-refractivity contribution in [1.29, 1.82) is 0 Å². The maximum Gasteiger partial charge on any atom is 0.216 e. The Morgan fingerprint density at radius 1 is 1.11 bits per heavy atom. The summed E-state index contributed by atoms with van der Waals surface area (Å²) in [6.45, 7) is 0.620. The van der Waals surface area contributed by atoms with E-state index < -0.39 is 0 Å². The van der Waals surface area contributed by atoms with Crippen molar-refractivity contribution in [2.75, 3.05) is 20.6 Å². The molecule has 1 aliphatic carbocycles. The van der Waals surface area contributed by atoms with Gasteiger partial charge in [0.15, 0.2) is 0 Å². The second-order valence-corrected chi connectivity index (χ2v) is 6.02. The van der Waals surface area contributed by atoms with Crippen molar-refractivity contribution in [3.8, 4) is 0 Å². The van der Waals surface area contributed by atoms with Gasteiger partial charge in [0.25, 0.3) is 0 Å². The minimum atomic E-state index is 0.270. The molecule has 2 nitrogen and oxygen atoms in total. The fraction of sp³-hybridized carbons (Fsp3) is 0.562. The Hall–Kier alpha value is -1.15. The van der Waals surface area contributed by atoms with Gasteiger partial charge >= 0.3 is 0 Å². The number of likely N-dealkylation sites (N-methyl/N-ethyl adjacent to an activating group) is 1. The van der Waals surface area contributed by atoms with Gasteiger partial charge in [-0.3, -0.25) is 4.79 Å². The summed E-state index contributed by atoms with van der Waals surface area (Å²) in [4.78, 5) is 12.3. The summed E-state index contributed by atoms with van der Waals surface area (Å²) in [6, 6.07) is 10.3. The van der Waals surface area contributed by atoms with Gasteiger partial charge in [0.2, 0.25) is 5.78 Å². The number of rotatable bonds is 4. The summed E-state index contributed by atoms with van der Waals surface area (Å²) >= 11 is 0. The maximum absolute atomic E-state index is 12.3. The van der Waals surface area contributed by atoms with Gasteiger partial charge < -0.3 is 4.48 Å². The fourth-order valence-electron chi connectivity index (χ4n) is 2.99. The molecule has 0 aromatic heterocycles. The van der Waals surface area contributed by atoms with Gasteiger partial charge in [-0.1, -0.05) is 36.8 Å². The largest absolute Gasteiger partial charge is 0.320 e. The van der Waals surface area contributed by atoms with E-state index in [1.54, 1.807) is 0 Å². The molecule has 1 aromatic carbocycles.